The van der Waals surface area contributed by atoms with E-state index in [1.807, 2.05) is 0 Å². The first-order chi connectivity index (χ1) is 25.8. The number of carbonyl (C=O) groups is 3. The molecule has 2 atom stereocenters. The quantitative estimate of drug-likeness (QED) is 0.0352. The molecule has 0 rings (SSSR count). The summed E-state index contributed by atoms with van der Waals surface area (Å²) in [5.41, 5.74) is 0. The first kappa shape index (κ1) is 51.4. The van der Waals surface area contributed by atoms with Gasteiger partial charge in [0, 0.05) is 19.3 Å². The summed E-state index contributed by atoms with van der Waals surface area (Å²) in [7, 11) is 0. The van der Waals surface area contributed by atoms with Gasteiger partial charge in [0.1, 0.15) is 13.2 Å². The number of ether oxygens (including phenoxy) is 3. The van der Waals surface area contributed by atoms with Crippen molar-refractivity contribution in [3.63, 3.8) is 0 Å². The van der Waals surface area contributed by atoms with E-state index in [9.17, 15) is 14.4 Å². The van der Waals surface area contributed by atoms with Crippen molar-refractivity contribution in [2.75, 3.05) is 13.2 Å². The van der Waals surface area contributed by atoms with E-state index < -0.39 is 6.10 Å². The third-order valence-electron chi connectivity index (χ3n) is 10.8. The molecular weight excluding hydrogens is 661 g/mol. The Balaban J connectivity index is 4.19. The highest BCUT2D eigenvalue weighted by Gasteiger charge is 2.19. The van der Waals surface area contributed by atoms with E-state index in [0.717, 1.165) is 69.6 Å². The van der Waals surface area contributed by atoms with E-state index in [4.69, 9.17) is 14.2 Å². The Labute approximate surface area is 329 Å². The first-order valence-electron chi connectivity index (χ1n) is 23.3. The highest BCUT2D eigenvalue weighted by Crippen LogP contribution is 2.17. The molecule has 0 saturated heterocycles. The minimum Gasteiger partial charge on any atom is -0.462 e. The van der Waals surface area contributed by atoms with E-state index in [-0.39, 0.29) is 31.1 Å². The largest absolute Gasteiger partial charge is 0.462 e. The molecule has 0 spiro atoms. The Hall–Kier alpha value is -1.59. The van der Waals surface area contributed by atoms with Crippen LogP contribution in [0, 0.1) is 11.8 Å². The molecule has 0 amide bonds. The molecule has 6 nitrogen and oxygen atoms in total. The van der Waals surface area contributed by atoms with E-state index in [0.29, 0.717) is 19.3 Å². The fourth-order valence-electron chi connectivity index (χ4n) is 6.90. The third kappa shape index (κ3) is 39.9. The van der Waals surface area contributed by atoms with Crippen LogP contribution in [0.4, 0.5) is 0 Å². The van der Waals surface area contributed by atoms with Gasteiger partial charge in [0.25, 0.3) is 0 Å². The maximum absolute atomic E-state index is 12.7. The summed E-state index contributed by atoms with van der Waals surface area (Å²) in [6.45, 7) is 11.3. The molecule has 0 heterocycles. The Morgan fingerprint density at radius 3 is 1.08 bits per heavy atom. The molecule has 0 N–H and O–H groups in total. The highest BCUT2D eigenvalue weighted by atomic mass is 16.6. The average molecular weight is 751 g/mol. The van der Waals surface area contributed by atoms with Crippen LogP contribution in [-0.2, 0) is 28.6 Å². The topological polar surface area (TPSA) is 78.9 Å². The molecule has 6 heteroatoms. The van der Waals surface area contributed by atoms with Gasteiger partial charge in [-0.05, 0) is 31.1 Å². The summed E-state index contributed by atoms with van der Waals surface area (Å²) in [5, 5.41) is 0. The van der Waals surface area contributed by atoms with E-state index in [1.54, 1.807) is 0 Å². The van der Waals surface area contributed by atoms with Gasteiger partial charge in [-0.15, -0.1) is 0 Å². The molecule has 0 bridgehead atoms. The van der Waals surface area contributed by atoms with Gasteiger partial charge >= 0.3 is 17.9 Å². The minimum absolute atomic E-state index is 0.0657. The van der Waals surface area contributed by atoms with Crippen LogP contribution in [-0.4, -0.2) is 37.2 Å². The molecule has 0 aromatic rings. The molecule has 53 heavy (non-hydrogen) atoms. The average Bonchev–Trinajstić information content (AvgIpc) is 3.14. The van der Waals surface area contributed by atoms with Crippen LogP contribution in [0.3, 0.4) is 0 Å². The summed E-state index contributed by atoms with van der Waals surface area (Å²) in [4.78, 5) is 37.6. The summed E-state index contributed by atoms with van der Waals surface area (Å²) in [6.07, 6.45) is 38.2. The van der Waals surface area contributed by atoms with Gasteiger partial charge < -0.3 is 14.2 Å². The summed E-state index contributed by atoms with van der Waals surface area (Å²) in [6, 6.07) is 0. The van der Waals surface area contributed by atoms with Crippen molar-refractivity contribution >= 4 is 17.9 Å². The van der Waals surface area contributed by atoms with Crippen molar-refractivity contribution < 1.29 is 28.6 Å². The van der Waals surface area contributed by atoms with Gasteiger partial charge in [-0.3, -0.25) is 14.4 Å². The van der Waals surface area contributed by atoms with Crippen LogP contribution in [0.5, 0.6) is 0 Å². The molecule has 0 aliphatic rings. The molecule has 0 radical (unpaired) electrons. The highest BCUT2D eigenvalue weighted by molar-refractivity contribution is 5.71. The number of esters is 3. The standard InChI is InChI=1S/C47H90O6/c1-6-8-9-10-20-27-32-37-45(48)51-40-44(53-47(50)39-34-29-24-23-26-31-36-43(5)7-2)41-52-46(49)38-33-28-22-19-17-15-13-11-12-14-16-18-21-25-30-35-42(3)4/h42-44H,6-41H2,1-5H3/t43?,44-/m1/s1. The van der Waals surface area contributed by atoms with Gasteiger partial charge in [-0.1, -0.05) is 214 Å². The molecule has 0 aromatic carbocycles. The lowest BCUT2D eigenvalue weighted by Crippen LogP contribution is -2.30. The van der Waals surface area contributed by atoms with Gasteiger partial charge in [0.05, 0.1) is 0 Å². The molecule has 1 unspecified atom stereocenters. The monoisotopic (exact) mass is 751 g/mol. The maximum atomic E-state index is 12.7. The van der Waals surface area contributed by atoms with Gasteiger partial charge in [-0.25, -0.2) is 0 Å². The molecule has 0 aliphatic heterocycles. The fourth-order valence-corrected chi connectivity index (χ4v) is 6.90. The number of carbonyl (C=O) groups excluding carboxylic acids is 3. The van der Waals surface area contributed by atoms with Crippen LogP contribution >= 0.6 is 0 Å². The molecule has 314 valence electrons. The van der Waals surface area contributed by atoms with Gasteiger partial charge in [0.15, 0.2) is 6.10 Å². The predicted molar refractivity (Wildman–Crippen MR) is 224 cm³/mol. The lowest BCUT2D eigenvalue weighted by atomic mass is 10.00. The van der Waals surface area contributed by atoms with Crippen molar-refractivity contribution in [1.29, 1.82) is 0 Å². The van der Waals surface area contributed by atoms with Crippen LogP contribution in [0.15, 0.2) is 0 Å². The molecule has 0 fully saturated rings. The second kappa shape index (κ2) is 40.1. The summed E-state index contributed by atoms with van der Waals surface area (Å²) in [5.74, 6) is 0.794. The Kier molecular flexibility index (Phi) is 38.9. The second-order valence-corrected chi connectivity index (χ2v) is 16.8. The summed E-state index contributed by atoms with van der Waals surface area (Å²) < 4.78 is 16.7. The molecule has 0 aromatic heterocycles. The predicted octanol–water partition coefficient (Wildman–Crippen LogP) is 14.6. The lowest BCUT2D eigenvalue weighted by Gasteiger charge is -2.18. The van der Waals surface area contributed by atoms with Crippen molar-refractivity contribution in [3.05, 3.63) is 0 Å². The zero-order valence-electron chi connectivity index (χ0n) is 36.1. The lowest BCUT2D eigenvalue weighted by molar-refractivity contribution is -0.167. The van der Waals surface area contributed by atoms with Crippen molar-refractivity contribution in [2.45, 2.75) is 259 Å². The van der Waals surface area contributed by atoms with Crippen molar-refractivity contribution in [3.8, 4) is 0 Å². The minimum atomic E-state index is -0.760. The Bertz CT molecular complexity index is 811. The van der Waals surface area contributed by atoms with Crippen molar-refractivity contribution in [2.24, 2.45) is 11.8 Å². The Morgan fingerprint density at radius 2 is 0.717 bits per heavy atom. The molecule has 0 aliphatic carbocycles. The number of hydrogen-bond donors (Lipinski definition) is 0. The zero-order valence-corrected chi connectivity index (χ0v) is 36.1. The van der Waals surface area contributed by atoms with E-state index in [1.165, 1.54) is 141 Å². The number of rotatable bonds is 41. The SMILES string of the molecule is CCCCCCCCCC(=O)OC[C@H](COC(=O)CCCCCCCCCCCCCCCCCC(C)C)OC(=O)CCCCCCCCC(C)CC. The van der Waals surface area contributed by atoms with Crippen LogP contribution in [0.2, 0.25) is 0 Å². The molecular formula is C47H90O6. The van der Waals surface area contributed by atoms with Crippen LogP contribution in [0.25, 0.3) is 0 Å². The second-order valence-electron chi connectivity index (χ2n) is 16.8. The van der Waals surface area contributed by atoms with E-state index in [2.05, 4.69) is 34.6 Å². The first-order valence-corrected chi connectivity index (χ1v) is 23.3. The maximum Gasteiger partial charge on any atom is 0.306 e. The fraction of sp³-hybridized carbons (Fsp3) is 0.936. The summed E-state index contributed by atoms with van der Waals surface area (Å²) >= 11 is 0. The van der Waals surface area contributed by atoms with Crippen molar-refractivity contribution in [1.82, 2.24) is 0 Å². The molecule has 0 saturated carbocycles. The van der Waals surface area contributed by atoms with Crippen LogP contribution < -0.4 is 0 Å². The third-order valence-corrected chi connectivity index (χ3v) is 10.8. The normalized spacial score (nSPS) is 12.6. The smallest absolute Gasteiger partial charge is 0.306 e. The van der Waals surface area contributed by atoms with Crippen LogP contribution in [0.1, 0.15) is 253 Å². The van der Waals surface area contributed by atoms with E-state index >= 15 is 0 Å². The number of hydrogen-bond acceptors (Lipinski definition) is 6. The zero-order chi connectivity index (χ0) is 39.0. The van der Waals surface area contributed by atoms with Gasteiger partial charge in [-0.2, -0.15) is 0 Å². The number of unbranched alkanes of at least 4 members (excludes halogenated alkanes) is 25. The van der Waals surface area contributed by atoms with Gasteiger partial charge in [0.2, 0.25) is 0 Å². The Morgan fingerprint density at radius 1 is 0.396 bits per heavy atom.